The molecule has 0 saturated heterocycles. The smallest absolute Gasteiger partial charge is 0.113 e. The van der Waals surface area contributed by atoms with Crippen LogP contribution in [0.4, 0.5) is 0 Å². The zero-order chi connectivity index (χ0) is 8.84. The summed E-state index contributed by atoms with van der Waals surface area (Å²) in [7, 11) is 5.70. The number of hydrogen-bond acceptors (Lipinski definition) is 0. The quantitative estimate of drug-likeness (QED) is 0.569. The molecular weight excluding hydrogens is 157 g/mol. The Morgan fingerprint density at radius 1 is 1.31 bits per heavy atom. The summed E-state index contributed by atoms with van der Waals surface area (Å²) in [5, 5.41) is 1.30. The first-order chi connectivity index (χ1) is 6.34. The molecule has 13 heavy (non-hydrogen) atoms. The van der Waals surface area contributed by atoms with Crippen molar-refractivity contribution in [3.05, 3.63) is 35.5 Å². The van der Waals surface area contributed by atoms with Crippen LogP contribution in [0.5, 0.6) is 0 Å². The minimum absolute atomic E-state index is 0.816. The molecule has 0 atom stereocenters. The molecule has 0 fully saturated rings. The lowest BCUT2D eigenvalue weighted by atomic mass is 9.95. The molecule has 1 aliphatic rings. The van der Waals surface area contributed by atoms with Crippen LogP contribution in [0.3, 0.4) is 0 Å². The number of H-pyrrole nitrogens is 1. The molecule has 1 aromatic carbocycles. The normalized spacial score (nSPS) is 13.8. The molecule has 1 aromatic heterocycles. The largest absolute Gasteiger partial charge is 0.355 e. The van der Waals surface area contributed by atoms with Crippen LogP contribution in [0.15, 0.2) is 24.3 Å². The molecule has 0 saturated carbocycles. The van der Waals surface area contributed by atoms with Gasteiger partial charge in [-0.3, -0.25) is 0 Å². The van der Waals surface area contributed by atoms with Gasteiger partial charge in [-0.25, -0.2) is 0 Å². The first kappa shape index (κ1) is 7.02. The van der Waals surface area contributed by atoms with Gasteiger partial charge in [-0.1, -0.05) is 23.7 Å². The van der Waals surface area contributed by atoms with Crippen LogP contribution in [0.2, 0.25) is 0 Å². The van der Waals surface area contributed by atoms with Crippen LogP contribution in [0.25, 0.3) is 17.0 Å². The van der Waals surface area contributed by atoms with E-state index in [4.69, 9.17) is 7.85 Å². The van der Waals surface area contributed by atoms with Crippen molar-refractivity contribution in [2.75, 3.05) is 0 Å². The third-order valence-electron chi connectivity index (χ3n) is 2.57. The van der Waals surface area contributed by atoms with Gasteiger partial charge >= 0.3 is 0 Å². The van der Waals surface area contributed by atoms with E-state index in [2.05, 4.69) is 23.2 Å². The summed E-state index contributed by atoms with van der Waals surface area (Å²) < 4.78 is 0. The maximum atomic E-state index is 5.70. The molecule has 3 rings (SSSR count). The topological polar surface area (TPSA) is 15.8 Å². The molecule has 2 radical (unpaired) electrons. The van der Waals surface area contributed by atoms with Gasteiger partial charge in [-0.2, -0.15) is 0 Å². The average molecular weight is 165 g/mol. The molecule has 0 aliphatic heterocycles. The van der Waals surface area contributed by atoms with E-state index >= 15 is 0 Å². The van der Waals surface area contributed by atoms with Crippen molar-refractivity contribution in [1.82, 2.24) is 4.98 Å². The second-order valence-corrected chi connectivity index (χ2v) is 3.43. The van der Waals surface area contributed by atoms with Gasteiger partial charge in [-0.15, -0.1) is 0 Å². The van der Waals surface area contributed by atoms with Crippen LogP contribution >= 0.6 is 0 Å². The fraction of sp³-hybridized carbons (Fsp3) is 0.0909. The van der Waals surface area contributed by atoms with Gasteiger partial charge in [0.05, 0.1) is 0 Å². The molecular formula is C11H8BN. The number of aromatic amines is 1. The standard InChI is InChI=1S/C11H8BN/c12-7-4-5-9-8-2-1-3-10(8)13-11(9)6-7/h1,3-6,13H,2H2. The predicted molar refractivity (Wildman–Crippen MR) is 56.4 cm³/mol. The Morgan fingerprint density at radius 3 is 3.15 bits per heavy atom. The zero-order valence-electron chi connectivity index (χ0n) is 7.17. The number of benzene rings is 1. The Balaban J connectivity index is 2.43. The van der Waals surface area contributed by atoms with Crippen molar-refractivity contribution in [3.8, 4) is 0 Å². The van der Waals surface area contributed by atoms with E-state index < -0.39 is 0 Å². The number of hydrogen-bond donors (Lipinski definition) is 1. The molecule has 1 heterocycles. The highest BCUT2D eigenvalue weighted by atomic mass is 14.7. The predicted octanol–water partition coefficient (Wildman–Crippen LogP) is 1.53. The molecule has 1 N–H and O–H groups in total. The van der Waals surface area contributed by atoms with Crippen LogP contribution in [-0.2, 0) is 6.42 Å². The van der Waals surface area contributed by atoms with E-state index in [9.17, 15) is 0 Å². The zero-order valence-corrected chi connectivity index (χ0v) is 7.17. The molecule has 0 spiro atoms. The molecule has 1 aliphatic carbocycles. The highest BCUT2D eigenvalue weighted by molar-refractivity contribution is 6.33. The summed E-state index contributed by atoms with van der Waals surface area (Å²) in [6.07, 6.45) is 5.35. The van der Waals surface area contributed by atoms with E-state index in [-0.39, 0.29) is 0 Å². The Hall–Kier alpha value is -1.44. The first-order valence-corrected chi connectivity index (χ1v) is 4.41. The number of fused-ring (bicyclic) bond motifs is 3. The molecule has 60 valence electrons. The van der Waals surface area contributed by atoms with Crippen LogP contribution in [0, 0.1) is 0 Å². The maximum absolute atomic E-state index is 5.70. The van der Waals surface area contributed by atoms with Gasteiger partial charge in [0.15, 0.2) is 0 Å². The van der Waals surface area contributed by atoms with Crippen LogP contribution < -0.4 is 5.46 Å². The highest BCUT2D eigenvalue weighted by Crippen LogP contribution is 2.27. The van der Waals surface area contributed by atoms with Crippen LogP contribution in [-0.4, -0.2) is 12.8 Å². The van der Waals surface area contributed by atoms with Gasteiger partial charge in [0.2, 0.25) is 0 Å². The maximum Gasteiger partial charge on any atom is 0.113 e. The van der Waals surface area contributed by atoms with E-state index in [1.165, 1.54) is 16.6 Å². The van der Waals surface area contributed by atoms with Crippen molar-refractivity contribution in [1.29, 1.82) is 0 Å². The van der Waals surface area contributed by atoms with E-state index in [1.807, 2.05) is 12.1 Å². The summed E-state index contributed by atoms with van der Waals surface area (Å²) >= 11 is 0. The van der Waals surface area contributed by atoms with E-state index in [1.54, 1.807) is 0 Å². The number of nitrogens with one attached hydrogen (secondary N) is 1. The third-order valence-corrected chi connectivity index (χ3v) is 2.57. The van der Waals surface area contributed by atoms with Crippen molar-refractivity contribution in [2.24, 2.45) is 0 Å². The Labute approximate surface area is 77.9 Å². The molecule has 1 nitrogen and oxygen atoms in total. The Kier molecular flexibility index (Phi) is 1.23. The lowest BCUT2D eigenvalue weighted by Gasteiger charge is -1.94. The number of rotatable bonds is 0. The fourth-order valence-corrected chi connectivity index (χ4v) is 1.95. The molecule has 0 bridgehead atoms. The second kappa shape index (κ2) is 2.29. The number of aromatic nitrogens is 1. The first-order valence-electron chi connectivity index (χ1n) is 4.41. The molecule has 2 heteroatoms. The van der Waals surface area contributed by atoms with Gasteiger partial charge in [-0.05, 0) is 24.1 Å². The minimum atomic E-state index is 0.816. The fourth-order valence-electron chi connectivity index (χ4n) is 1.95. The SMILES string of the molecule is [B]c1ccc2c3c([nH]c2c1)C=CC3. The Morgan fingerprint density at radius 2 is 2.23 bits per heavy atom. The highest BCUT2D eigenvalue weighted by Gasteiger charge is 2.11. The third kappa shape index (κ3) is 0.887. The lowest BCUT2D eigenvalue weighted by Crippen LogP contribution is -1.99. The van der Waals surface area contributed by atoms with Crippen LogP contribution in [0.1, 0.15) is 11.3 Å². The second-order valence-electron chi connectivity index (χ2n) is 3.43. The van der Waals surface area contributed by atoms with Gasteiger partial charge in [0, 0.05) is 16.6 Å². The summed E-state index contributed by atoms with van der Waals surface area (Å²) in [5.74, 6) is 0. The number of allylic oxidation sites excluding steroid dienone is 1. The lowest BCUT2D eigenvalue weighted by molar-refractivity contribution is 1.33. The van der Waals surface area contributed by atoms with Crippen molar-refractivity contribution >= 4 is 30.3 Å². The summed E-state index contributed by atoms with van der Waals surface area (Å²) in [5.41, 5.74) is 4.60. The summed E-state index contributed by atoms with van der Waals surface area (Å²) in [4.78, 5) is 3.35. The monoisotopic (exact) mass is 165 g/mol. The average Bonchev–Trinajstić information content (AvgIpc) is 2.62. The van der Waals surface area contributed by atoms with Crippen molar-refractivity contribution in [2.45, 2.75) is 6.42 Å². The molecule has 0 amide bonds. The van der Waals surface area contributed by atoms with Gasteiger partial charge in [0.1, 0.15) is 7.85 Å². The summed E-state index contributed by atoms with van der Waals surface area (Å²) in [6, 6.07) is 6.03. The van der Waals surface area contributed by atoms with Gasteiger partial charge < -0.3 is 4.98 Å². The summed E-state index contributed by atoms with van der Waals surface area (Å²) in [6.45, 7) is 0. The van der Waals surface area contributed by atoms with E-state index in [0.717, 1.165) is 17.4 Å². The van der Waals surface area contributed by atoms with Crippen molar-refractivity contribution in [3.63, 3.8) is 0 Å². The van der Waals surface area contributed by atoms with Crippen molar-refractivity contribution < 1.29 is 0 Å². The van der Waals surface area contributed by atoms with Gasteiger partial charge in [0.25, 0.3) is 0 Å². The van der Waals surface area contributed by atoms with E-state index in [0.29, 0.717) is 0 Å². The molecule has 2 aromatic rings. The minimum Gasteiger partial charge on any atom is -0.355 e. The Bertz CT molecular complexity index is 508. The molecule has 0 unspecified atom stereocenters.